The summed E-state index contributed by atoms with van der Waals surface area (Å²) in [5, 5.41) is 9.56. The summed E-state index contributed by atoms with van der Waals surface area (Å²) in [6, 6.07) is 1.51. The van der Waals surface area contributed by atoms with Crippen molar-refractivity contribution in [2.24, 2.45) is 0 Å². The molecule has 0 bridgehead atoms. The largest absolute Gasteiger partial charge is 0.346 e. The Labute approximate surface area is 132 Å². The number of anilines is 2. The van der Waals surface area contributed by atoms with E-state index in [2.05, 4.69) is 25.3 Å². The molecule has 22 heavy (non-hydrogen) atoms. The Balaban J connectivity index is 1.53. The lowest BCUT2D eigenvalue weighted by molar-refractivity contribution is -0.121. The molecule has 2 aromatic rings. The number of aromatic nitrogens is 2. The molecule has 2 aromatic heterocycles. The van der Waals surface area contributed by atoms with Gasteiger partial charge in [-0.05, 0) is 13.8 Å². The average Bonchev–Trinajstić information content (AvgIpc) is 3.18. The van der Waals surface area contributed by atoms with Crippen molar-refractivity contribution < 1.29 is 9.32 Å². The Morgan fingerprint density at radius 3 is 2.77 bits per heavy atom. The van der Waals surface area contributed by atoms with Crippen LogP contribution in [-0.2, 0) is 4.79 Å². The standard InChI is InChI=1S/C14H19N5O2S/c1-10-9-12(21-17-10)16-13(20)11(2)18-4-6-19(7-5-18)14-15-3-8-22-14/h3,8-9,11H,4-7H2,1-2H3,(H,16,20)/t11-/m1/s1. The molecule has 1 aliphatic rings. The maximum atomic E-state index is 12.3. The highest BCUT2D eigenvalue weighted by Crippen LogP contribution is 2.20. The molecule has 1 amide bonds. The number of amides is 1. The van der Waals surface area contributed by atoms with E-state index >= 15 is 0 Å². The smallest absolute Gasteiger partial charge is 0.243 e. The van der Waals surface area contributed by atoms with Crippen molar-refractivity contribution >= 4 is 28.3 Å². The zero-order chi connectivity index (χ0) is 15.5. The van der Waals surface area contributed by atoms with Gasteiger partial charge < -0.3 is 9.42 Å². The number of carbonyl (C=O) groups is 1. The highest BCUT2D eigenvalue weighted by molar-refractivity contribution is 7.13. The van der Waals surface area contributed by atoms with E-state index in [4.69, 9.17) is 4.52 Å². The average molecular weight is 321 g/mol. The number of hydrogen-bond donors (Lipinski definition) is 1. The fraction of sp³-hybridized carbons (Fsp3) is 0.500. The maximum absolute atomic E-state index is 12.3. The van der Waals surface area contributed by atoms with Gasteiger partial charge in [0.1, 0.15) is 0 Å². The Kier molecular flexibility index (Phi) is 4.39. The zero-order valence-corrected chi connectivity index (χ0v) is 13.5. The van der Waals surface area contributed by atoms with Gasteiger partial charge in [0.2, 0.25) is 11.8 Å². The molecule has 3 rings (SSSR count). The molecule has 118 valence electrons. The first-order valence-electron chi connectivity index (χ1n) is 7.26. The summed E-state index contributed by atoms with van der Waals surface area (Å²) >= 11 is 1.65. The fourth-order valence-corrected chi connectivity index (χ4v) is 3.18. The first-order valence-corrected chi connectivity index (χ1v) is 8.14. The van der Waals surface area contributed by atoms with Crippen LogP contribution in [0.3, 0.4) is 0 Å². The molecule has 1 saturated heterocycles. The summed E-state index contributed by atoms with van der Waals surface area (Å²) < 4.78 is 5.02. The molecular weight excluding hydrogens is 302 g/mol. The predicted octanol–water partition coefficient (Wildman–Crippen LogP) is 1.59. The number of rotatable bonds is 4. The molecule has 1 fully saturated rings. The fourth-order valence-electron chi connectivity index (χ4n) is 2.49. The first-order chi connectivity index (χ1) is 10.6. The zero-order valence-electron chi connectivity index (χ0n) is 12.7. The summed E-state index contributed by atoms with van der Waals surface area (Å²) in [4.78, 5) is 21.0. The SMILES string of the molecule is Cc1cc(NC(=O)[C@@H](C)N2CCN(c3nccs3)CC2)on1. The third-order valence-electron chi connectivity index (χ3n) is 3.81. The van der Waals surface area contributed by atoms with Crippen LogP contribution in [0.1, 0.15) is 12.6 Å². The molecule has 3 heterocycles. The third-order valence-corrected chi connectivity index (χ3v) is 4.64. The van der Waals surface area contributed by atoms with Crippen LogP contribution in [0.15, 0.2) is 22.2 Å². The van der Waals surface area contributed by atoms with Crippen LogP contribution in [0.4, 0.5) is 11.0 Å². The number of aryl methyl sites for hydroxylation is 1. The van der Waals surface area contributed by atoms with Crippen LogP contribution in [0.25, 0.3) is 0 Å². The molecule has 0 spiro atoms. The van der Waals surface area contributed by atoms with E-state index in [0.29, 0.717) is 5.88 Å². The minimum absolute atomic E-state index is 0.0705. The molecule has 0 aliphatic carbocycles. The van der Waals surface area contributed by atoms with E-state index in [-0.39, 0.29) is 11.9 Å². The number of nitrogens with one attached hydrogen (secondary N) is 1. The van der Waals surface area contributed by atoms with Gasteiger partial charge in [-0.25, -0.2) is 4.98 Å². The number of hydrogen-bond acceptors (Lipinski definition) is 7. The summed E-state index contributed by atoms with van der Waals surface area (Å²) in [5.41, 5.74) is 0.750. The van der Waals surface area contributed by atoms with Crippen LogP contribution in [-0.4, -0.2) is 53.2 Å². The Hall–Kier alpha value is -1.93. The Bertz CT molecular complexity index is 619. The van der Waals surface area contributed by atoms with Crippen LogP contribution in [0.2, 0.25) is 0 Å². The van der Waals surface area contributed by atoms with Crippen molar-refractivity contribution in [3.8, 4) is 0 Å². The van der Waals surface area contributed by atoms with E-state index in [1.165, 1.54) is 0 Å². The first kappa shape index (κ1) is 15.0. The molecule has 7 nitrogen and oxygen atoms in total. The van der Waals surface area contributed by atoms with E-state index in [9.17, 15) is 4.79 Å². The van der Waals surface area contributed by atoms with E-state index < -0.39 is 0 Å². The molecular formula is C14H19N5O2S. The van der Waals surface area contributed by atoms with Gasteiger partial charge in [0.25, 0.3) is 0 Å². The second-order valence-corrected chi connectivity index (χ2v) is 6.21. The molecule has 1 aliphatic heterocycles. The normalized spacial score (nSPS) is 17.5. The molecule has 0 aromatic carbocycles. The van der Waals surface area contributed by atoms with Gasteiger partial charge in [-0.1, -0.05) is 5.16 Å². The second kappa shape index (κ2) is 6.45. The lowest BCUT2D eigenvalue weighted by Gasteiger charge is -2.37. The van der Waals surface area contributed by atoms with Gasteiger partial charge in [0.15, 0.2) is 5.13 Å². The summed E-state index contributed by atoms with van der Waals surface area (Å²) in [6.07, 6.45) is 1.82. The Morgan fingerprint density at radius 1 is 1.41 bits per heavy atom. The summed E-state index contributed by atoms with van der Waals surface area (Å²) in [5.74, 6) is 0.328. The highest BCUT2D eigenvalue weighted by atomic mass is 32.1. The highest BCUT2D eigenvalue weighted by Gasteiger charge is 2.26. The summed E-state index contributed by atoms with van der Waals surface area (Å²) in [6.45, 7) is 7.17. The van der Waals surface area contributed by atoms with Gasteiger partial charge in [-0.3, -0.25) is 15.0 Å². The predicted molar refractivity (Wildman–Crippen MR) is 85.2 cm³/mol. The summed E-state index contributed by atoms with van der Waals surface area (Å²) in [7, 11) is 0. The molecule has 1 N–H and O–H groups in total. The van der Waals surface area contributed by atoms with Gasteiger partial charge >= 0.3 is 0 Å². The van der Waals surface area contributed by atoms with Gasteiger partial charge in [-0.2, -0.15) is 0 Å². The van der Waals surface area contributed by atoms with Crippen molar-refractivity contribution in [2.45, 2.75) is 19.9 Å². The second-order valence-electron chi connectivity index (χ2n) is 5.34. The minimum atomic E-state index is -0.205. The monoisotopic (exact) mass is 321 g/mol. The number of nitrogens with zero attached hydrogens (tertiary/aromatic N) is 4. The lowest BCUT2D eigenvalue weighted by atomic mass is 10.2. The van der Waals surface area contributed by atoms with Crippen LogP contribution >= 0.6 is 11.3 Å². The molecule has 0 saturated carbocycles. The van der Waals surface area contributed by atoms with Crippen molar-refractivity contribution in [3.63, 3.8) is 0 Å². The maximum Gasteiger partial charge on any atom is 0.243 e. The van der Waals surface area contributed by atoms with Crippen LogP contribution < -0.4 is 10.2 Å². The molecule has 8 heteroatoms. The number of thiazole rings is 1. The topological polar surface area (TPSA) is 74.5 Å². The number of piperazine rings is 1. The quantitative estimate of drug-likeness (QED) is 0.922. The lowest BCUT2D eigenvalue weighted by Crippen LogP contribution is -2.52. The van der Waals surface area contributed by atoms with Crippen molar-refractivity contribution in [1.82, 2.24) is 15.0 Å². The third kappa shape index (κ3) is 3.28. The van der Waals surface area contributed by atoms with Crippen molar-refractivity contribution in [2.75, 3.05) is 36.4 Å². The molecule has 0 radical (unpaired) electrons. The van der Waals surface area contributed by atoms with E-state index in [1.54, 1.807) is 17.4 Å². The molecule has 0 unspecified atom stereocenters. The van der Waals surface area contributed by atoms with Crippen LogP contribution in [0, 0.1) is 6.92 Å². The van der Waals surface area contributed by atoms with E-state index in [0.717, 1.165) is 37.0 Å². The van der Waals surface area contributed by atoms with Crippen molar-refractivity contribution in [3.05, 3.63) is 23.3 Å². The van der Waals surface area contributed by atoms with Crippen LogP contribution in [0.5, 0.6) is 0 Å². The number of carbonyl (C=O) groups excluding carboxylic acids is 1. The minimum Gasteiger partial charge on any atom is -0.346 e. The van der Waals surface area contributed by atoms with Crippen molar-refractivity contribution in [1.29, 1.82) is 0 Å². The van der Waals surface area contributed by atoms with Gasteiger partial charge in [0.05, 0.1) is 11.7 Å². The van der Waals surface area contributed by atoms with Gasteiger partial charge in [0, 0.05) is 43.8 Å². The van der Waals surface area contributed by atoms with Gasteiger partial charge in [-0.15, -0.1) is 11.3 Å². The van der Waals surface area contributed by atoms with E-state index in [1.807, 2.05) is 25.4 Å². The molecule has 1 atom stereocenters. The Morgan fingerprint density at radius 2 is 2.18 bits per heavy atom.